The lowest BCUT2D eigenvalue weighted by atomic mass is 9.86. The van der Waals surface area contributed by atoms with Crippen molar-refractivity contribution in [3.63, 3.8) is 0 Å². The summed E-state index contributed by atoms with van der Waals surface area (Å²) in [4.78, 5) is 2.55. The third-order valence-corrected chi connectivity index (χ3v) is 4.73. The van der Waals surface area contributed by atoms with Crippen LogP contribution in [0.1, 0.15) is 31.2 Å². The summed E-state index contributed by atoms with van der Waals surface area (Å²) in [5.41, 5.74) is 7.41. The summed E-state index contributed by atoms with van der Waals surface area (Å²) in [6.07, 6.45) is 3.91. The number of aliphatic hydroxyl groups is 1. The summed E-state index contributed by atoms with van der Waals surface area (Å²) in [7, 11) is 0. The van der Waals surface area contributed by atoms with E-state index in [4.69, 9.17) is 5.73 Å². The van der Waals surface area contributed by atoms with E-state index in [9.17, 15) is 5.11 Å². The molecule has 3 rings (SSSR count). The van der Waals surface area contributed by atoms with E-state index in [1.165, 1.54) is 12.0 Å². The number of aliphatic hydroxyl groups excluding tert-OH is 1. The van der Waals surface area contributed by atoms with Gasteiger partial charge < -0.3 is 10.8 Å². The lowest BCUT2D eigenvalue weighted by molar-refractivity contribution is -0.0203. The van der Waals surface area contributed by atoms with Crippen LogP contribution < -0.4 is 5.73 Å². The van der Waals surface area contributed by atoms with Crippen LogP contribution in [-0.2, 0) is 6.54 Å². The quantitative estimate of drug-likeness (QED) is 0.850. The van der Waals surface area contributed by atoms with Crippen LogP contribution in [0.25, 0.3) is 0 Å². The molecule has 3 unspecified atom stereocenters. The van der Waals surface area contributed by atoms with Gasteiger partial charge >= 0.3 is 0 Å². The molecule has 2 bridgehead atoms. The number of benzene rings is 1. The van der Waals surface area contributed by atoms with Crippen LogP contribution in [0, 0.1) is 0 Å². The van der Waals surface area contributed by atoms with Crippen molar-refractivity contribution in [2.45, 2.75) is 49.9 Å². The Bertz CT molecular complexity index is 408. The Hall–Kier alpha value is -0.900. The zero-order chi connectivity index (χ0) is 12.6. The predicted octanol–water partition coefficient (Wildman–Crippen LogP) is 1.50. The number of rotatable bonds is 3. The summed E-state index contributed by atoms with van der Waals surface area (Å²) in [5, 5.41) is 9.99. The van der Waals surface area contributed by atoms with Crippen molar-refractivity contribution < 1.29 is 5.11 Å². The van der Waals surface area contributed by atoms with Gasteiger partial charge in [0.2, 0.25) is 0 Å². The second-order valence-electron chi connectivity index (χ2n) is 5.83. The first-order valence-electron chi connectivity index (χ1n) is 6.92. The number of hydrogen-bond acceptors (Lipinski definition) is 3. The minimum atomic E-state index is -0.159. The van der Waals surface area contributed by atoms with Crippen LogP contribution in [0.3, 0.4) is 0 Å². The Balaban J connectivity index is 1.83. The van der Waals surface area contributed by atoms with Crippen molar-refractivity contribution in [3.8, 4) is 0 Å². The molecule has 1 aromatic rings. The molecule has 2 aliphatic rings. The van der Waals surface area contributed by atoms with Crippen LogP contribution in [-0.4, -0.2) is 34.2 Å². The summed E-state index contributed by atoms with van der Waals surface area (Å²) in [6.45, 7) is 1.63. The third-order valence-electron chi connectivity index (χ3n) is 4.73. The minimum absolute atomic E-state index is 0.0399. The van der Waals surface area contributed by atoms with E-state index < -0.39 is 0 Å². The molecule has 0 spiro atoms. The van der Waals surface area contributed by atoms with Crippen LogP contribution in [0.15, 0.2) is 30.3 Å². The molecule has 3 nitrogen and oxygen atoms in total. The molecule has 0 radical (unpaired) electrons. The number of piperidine rings is 1. The van der Waals surface area contributed by atoms with Gasteiger partial charge in [0.25, 0.3) is 0 Å². The number of nitrogens with zero attached hydrogens (tertiary/aromatic N) is 1. The summed E-state index contributed by atoms with van der Waals surface area (Å²) >= 11 is 0. The molecular weight excluding hydrogens is 224 g/mol. The Kier molecular flexibility index (Phi) is 3.14. The maximum atomic E-state index is 9.99. The normalized spacial score (nSPS) is 35.9. The number of fused-ring (bicyclic) bond motifs is 2. The zero-order valence-electron chi connectivity index (χ0n) is 10.8. The van der Waals surface area contributed by atoms with Crippen molar-refractivity contribution in [1.82, 2.24) is 4.90 Å². The molecule has 1 aromatic carbocycles. The van der Waals surface area contributed by atoms with Gasteiger partial charge in [-0.3, -0.25) is 4.90 Å². The molecule has 3 heteroatoms. The molecule has 3 N–H and O–H groups in total. The Morgan fingerprint density at radius 3 is 2.83 bits per heavy atom. The van der Waals surface area contributed by atoms with E-state index in [0.717, 1.165) is 25.8 Å². The summed E-state index contributed by atoms with van der Waals surface area (Å²) in [5.74, 6) is 0. The van der Waals surface area contributed by atoms with Gasteiger partial charge in [0, 0.05) is 24.7 Å². The fourth-order valence-corrected chi connectivity index (χ4v) is 3.80. The van der Waals surface area contributed by atoms with Gasteiger partial charge in [-0.05, 0) is 31.2 Å². The SMILES string of the molecule is NCC12CCC(CC(O)C1)N2Cc1ccccc1. The van der Waals surface area contributed by atoms with Crippen molar-refractivity contribution in [2.75, 3.05) is 6.54 Å². The molecule has 2 aliphatic heterocycles. The van der Waals surface area contributed by atoms with Crippen molar-refractivity contribution >= 4 is 0 Å². The predicted molar refractivity (Wildman–Crippen MR) is 72.0 cm³/mol. The van der Waals surface area contributed by atoms with Crippen LogP contribution in [0.5, 0.6) is 0 Å². The van der Waals surface area contributed by atoms with Gasteiger partial charge in [-0.1, -0.05) is 30.3 Å². The molecule has 98 valence electrons. The molecule has 0 aliphatic carbocycles. The average Bonchev–Trinajstić information content (AvgIpc) is 2.60. The van der Waals surface area contributed by atoms with Gasteiger partial charge in [-0.15, -0.1) is 0 Å². The van der Waals surface area contributed by atoms with Crippen molar-refractivity contribution in [1.29, 1.82) is 0 Å². The average molecular weight is 246 g/mol. The molecular formula is C15H22N2O. The van der Waals surface area contributed by atoms with E-state index in [0.29, 0.717) is 12.6 Å². The van der Waals surface area contributed by atoms with Gasteiger partial charge in [-0.2, -0.15) is 0 Å². The monoisotopic (exact) mass is 246 g/mol. The Morgan fingerprint density at radius 1 is 1.33 bits per heavy atom. The maximum absolute atomic E-state index is 9.99. The highest BCUT2D eigenvalue weighted by molar-refractivity contribution is 5.17. The fourth-order valence-electron chi connectivity index (χ4n) is 3.80. The molecule has 2 saturated heterocycles. The first kappa shape index (κ1) is 12.2. The molecule has 0 aromatic heterocycles. The first-order valence-corrected chi connectivity index (χ1v) is 6.92. The molecule has 0 saturated carbocycles. The minimum Gasteiger partial charge on any atom is -0.393 e. The highest BCUT2D eigenvalue weighted by atomic mass is 16.3. The van der Waals surface area contributed by atoms with Gasteiger partial charge in [0.05, 0.1) is 6.10 Å². The molecule has 2 heterocycles. The molecule has 0 amide bonds. The summed E-state index contributed by atoms with van der Waals surface area (Å²) in [6, 6.07) is 11.1. The standard InChI is InChI=1S/C15H22N2O/c16-11-15-7-6-13(8-14(18)9-15)17(15)10-12-4-2-1-3-5-12/h1-5,13-14,18H,6-11,16H2. The third kappa shape index (κ3) is 1.96. The van der Waals surface area contributed by atoms with Crippen LogP contribution in [0.2, 0.25) is 0 Å². The zero-order valence-corrected chi connectivity index (χ0v) is 10.8. The van der Waals surface area contributed by atoms with E-state index in [-0.39, 0.29) is 11.6 Å². The van der Waals surface area contributed by atoms with Gasteiger partial charge in [0.1, 0.15) is 0 Å². The highest BCUT2D eigenvalue weighted by Gasteiger charge is 2.50. The second-order valence-corrected chi connectivity index (χ2v) is 5.83. The van der Waals surface area contributed by atoms with Crippen LogP contribution >= 0.6 is 0 Å². The smallest absolute Gasteiger partial charge is 0.0573 e. The van der Waals surface area contributed by atoms with E-state index >= 15 is 0 Å². The lowest BCUT2D eigenvalue weighted by Crippen LogP contribution is -2.57. The Morgan fingerprint density at radius 2 is 2.11 bits per heavy atom. The highest BCUT2D eigenvalue weighted by Crippen LogP contribution is 2.44. The van der Waals surface area contributed by atoms with Gasteiger partial charge in [0.15, 0.2) is 0 Å². The van der Waals surface area contributed by atoms with E-state index in [1.54, 1.807) is 0 Å². The topological polar surface area (TPSA) is 49.5 Å². The lowest BCUT2D eigenvalue weighted by Gasteiger charge is -2.46. The summed E-state index contributed by atoms with van der Waals surface area (Å²) < 4.78 is 0. The van der Waals surface area contributed by atoms with E-state index in [1.807, 2.05) is 0 Å². The maximum Gasteiger partial charge on any atom is 0.0573 e. The molecule has 18 heavy (non-hydrogen) atoms. The van der Waals surface area contributed by atoms with Crippen LogP contribution in [0.4, 0.5) is 0 Å². The van der Waals surface area contributed by atoms with Crippen molar-refractivity contribution in [3.05, 3.63) is 35.9 Å². The Labute approximate surface area is 109 Å². The second kappa shape index (κ2) is 4.65. The van der Waals surface area contributed by atoms with E-state index in [2.05, 4.69) is 35.2 Å². The molecule has 3 atom stereocenters. The van der Waals surface area contributed by atoms with Crippen molar-refractivity contribution in [2.24, 2.45) is 5.73 Å². The molecule has 2 fully saturated rings. The number of nitrogens with two attached hydrogens (primary N) is 1. The largest absolute Gasteiger partial charge is 0.393 e. The van der Waals surface area contributed by atoms with Gasteiger partial charge in [-0.25, -0.2) is 0 Å². The first-order chi connectivity index (χ1) is 8.73. The number of hydrogen-bond donors (Lipinski definition) is 2. The fraction of sp³-hybridized carbons (Fsp3) is 0.600.